The molecule has 2 heterocycles. The van der Waals surface area contributed by atoms with Crippen molar-refractivity contribution >= 4 is 5.91 Å². The molecule has 4 nitrogen and oxygen atoms in total. The fourth-order valence-corrected chi connectivity index (χ4v) is 2.16. The number of carbonyl (C=O) groups is 1. The summed E-state index contributed by atoms with van der Waals surface area (Å²) in [4.78, 5) is 13.6. The van der Waals surface area contributed by atoms with E-state index in [9.17, 15) is 9.90 Å². The van der Waals surface area contributed by atoms with E-state index < -0.39 is 0 Å². The molecular weight excluding hydrogens is 180 g/mol. The van der Waals surface area contributed by atoms with E-state index in [0.717, 1.165) is 25.9 Å². The zero-order valence-electron chi connectivity index (χ0n) is 8.57. The number of amides is 1. The van der Waals surface area contributed by atoms with E-state index in [0.29, 0.717) is 6.54 Å². The number of aliphatic hydroxyl groups excluding tert-OH is 1. The molecule has 2 N–H and O–H groups in total. The van der Waals surface area contributed by atoms with E-state index in [-0.39, 0.29) is 24.0 Å². The molecule has 0 radical (unpaired) electrons. The number of hydrogen-bond acceptors (Lipinski definition) is 3. The van der Waals surface area contributed by atoms with E-state index in [2.05, 4.69) is 12.2 Å². The summed E-state index contributed by atoms with van der Waals surface area (Å²) in [5, 5.41) is 12.8. The Morgan fingerprint density at radius 1 is 1.57 bits per heavy atom. The van der Waals surface area contributed by atoms with Crippen molar-refractivity contribution in [2.75, 3.05) is 19.6 Å². The maximum absolute atomic E-state index is 11.8. The highest BCUT2D eigenvalue weighted by molar-refractivity contribution is 5.83. The molecule has 3 unspecified atom stereocenters. The van der Waals surface area contributed by atoms with Crippen molar-refractivity contribution in [3.63, 3.8) is 0 Å². The minimum absolute atomic E-state index is 0.0257. The fourth-order valence-electron chi connectivity index (χ4n) is 2.16. The van der Waals surface area contributed by atoms with Gasteiger partial charge < -0.3 is 15.3 Å². The van der Waals surface area contributed by atoms with Crippen molar-refractivity contribution in [2.24, 2.45) is 5.92 Å². The molecule has 2 saturated heterocycles. The van der Waals surface area contributed by atoms with Crippen molar-refractivity contribution in [1.29, 1.82) is 0 Å². The SMILES string of the molecule is CCC1CN(C(=O)C2CCN2)CC1O. The van der Waals surface area contributed by atoms with E-state index in [1.165, 1.54) is 0 Å². The van der Waals surface area contributed by atoms with Crippen molar-refractivity contribution in [2.45, 2.75) is 31.9 Å². The van der Waals surface area contributed by atoms with Crippen LogP contribution in [-0.4, -0.2) is 47.7 Å². The van der Waals surface area contributed by atoms with Gasteiger partial charge in [0, 0.05) is 19.0 Å². The summed E-state index contributed by atoms with van der Waals surface area (Å²) in [5.41, 5.74) is 0. The predicted molar refractivity (Wildman–Crippen MR) is 52.8 cm³/mol. The molecule has 4 heteroatoms. The van der Waals surface area contributed by atoms with Crippen LogP contribution in [-0.2, 0) is 4.79 Å². The van der Waals surface area contributed by atoms with Gasteiger partial charge in [0.15, 0.2) is 0 Å². The molecule has 80 valence electrons. The molecule has 0 bridgehead atoms. The molecule has 0 aliphatic carbocycles. The Kier molecular flexibility index (Phi) is 2.74. The number of β-amino-alcohol motifs (C(OH)–C–C–N with tert-alkyl or cyclic N) is 1. The molecule has 0 aromatic carbocycles. The van der Waals surface area contributed by atoms with Crippen LogP contribution in [0.1, 0.15) is 19.8 Å². The van der Waals surface area contributed by atoms with Gasteiger partial charge in [0.25, 0.3) is 0 Å². The zero-order valence-corrected chi connectivity index (χ0v) is 8.57. The first-order chi connectivity index (χ1) is 6.72. The van der Waals surface area contributed by atoms with Crippen LogP contribution in [0, 0.1) is 5.92 Å². The van der Waals surface area contributed by atoms with Gasteiger partial charge in [-0.2, -0.15) is 0 Å². The average Bonchev–Trinajstić information content (AvgIpc) is 2.43. The van der Waals surface area contributed by atoms with E-state index in [4.69, 9.17) is 0 Å². The lowest BCUT2D eigenvalue weighted by Crippen LogP contribution is -2.54. The summed E-state index contributed by atoms with van der Waals surface area (Å²) >= 11 is 0. The maximum Gasteiger partial charge on any atom is 0.239 e. The highest BCUT2D eigenvalue weighted by Gasteiger charge is 2.37. The first kappa shape index (κ1) is 9.93. The van der Waals surface area contributed by atoms with Gasteiger partial charge in [-0.3, -0.25) is 4.79 Å². The largest absolute Gasteiger partial charge is 0.391 e. The Morgan fingerprint density at radius 3 is 2.71 bits per heavy atom. The van der Waals surface area contributed by atoms with Gasteiger partial charge in [0.1, 0.15) is 0 Å². The van der Waals surface area contributed by atoms with Gasteiger partial charge in [0.05, 0.1) is 12.1 Å². The zero-order chi connectivity index (χ0) is 10.1. The lowest BCUT2D eigenvalue weighted by Gasteiger charge is -2.30. The Labute approximate surface area is 84.3 Å². The van der Waals surface area contributed by atoms with E-state index in [1.807, 2.05) is 0 Å². The third kappa shape index (κ3) is 1.64. The summed E-state index contributed by atoms with van der Waals surface area (Å²) in [7, 11) is 0. The molecule has 0 aromatic heterocycles. The van der Waals surface area contributed by atoms with Crippen molar-refractivity contribution in [3.8, 4) is 0 Å². The Morgan fingerprint density at radius 2 is 2.29 bits per heavy atom. The number of aliphatic hydroxyl groups is 1. The molecule has 0 saturated carbocycles. The maximum atomic E-state index is 11.8. The second-order valence-corrected chi connectivity index (χ2v) is 4.27. The molecule has 14 heavy (non-hydrogen) atoms. The number of carbonyl (C=O) groups excluding carboxylic acids is 1. The van der Waals surface area contributed by atoms with Crippen molar-refractivity contribution in [1.82, 2.24) is 10.2 Å². The van der Waals surface area contributed by atoms with Crippen LogP contribution in [0.15, 0.2) is 0 Å². The fraction of sp³-hybridized carbons (Fsp3) is 0.900. The first-order valence-electron chi connectivity index (χ1n) is 5.42. The molecule has 2 aliphatic heterocycles. The normalized spacial score (nSPS) is 37.0. The average molecular weight is 198 g/mol. The Bertz CT molecular complexity index is 228. The summed E-state index contributed by atoms with van der Waals surface area (Å²) in [6, 6.07) is 0.0257. The minimum atomic E-state index is -0.316. The quantitative estimate of drug-likeness (QED) is 0.633. The highest BCUT2D eigenvalue weighted by atomic mass is 16.3. The number of rotatable bonds is 2. The molecule has 2 fully saturated rings. The smallest absolute Gasteiger partial charge is 0.239 e. The second kappa shape index (κ2) is 3.87. The van der Waals surface area contributed by atoms with Crippen LogP contribution in [0.2, 0.25) is 0 Å². The molecular formula is C10H18N2O2. The standard InChI is InChI=1S/C10H18N2O2/c1-2-7-5-12(6-9(7)13)10(14)8-3-4-11-8/h7-9,11,13H,2-6H2,1H3. The molecule has 3 atom stereocenters. The molecule has 2 aliphatic rings. The van der Waals surface area contributed by atoms with Crippen molar-refractivity contribution < 1.29 is 9.90 Å². The second-order valence-electron chi connectivity index (χ2n) is 4.27. The monoisotopic (exact) mass is 198 g/mol. The molecule has 0 aromatic rings. The predicted octanol–water partition coefficient (Wildman–Crippen LogP) is -0.422. The van der Waals surface area contributed by atoms with E-state index >= 15 is 0 Å². The summed E-state index contributed by atoms with van der Waals surface area (Å²) in [5.74, 6) is 0.449. The van der Waals surface area contributed by atoms with Crippen molar-refractivity contribution in [3.05, 3.63) is 0 Å². The first-order valence-corrected chi connectivity index (χ1v) is 5.42. The van der Waals surface area contributed by atoms with Gasteiger partial charge in [-0.05, 0) is 19.4 Å². The minimum Gasteiger partial charge on any atom is -0.391 e. The molecule has 1 amide bonds. The van der Waals surface area contributed by atoms with Gasteiger partial charge >= 0.3 is 0 Å². The number of nitrogens with one attached hydrogen (secondary N) is 1. The number of hydrogen-bond donors (Lipinski definition) is 2. The van der Waals surface area contributed by atoms with Crippen LogP contribution < -0.4 is 5.32 Å². The lowest BCUT2D eigenvalue weighted by molar-refractivity contribution is -0.134. The molecule has 0 spiro atoms. The van der Waals surface area contributed by atoms with Crippen LogP contribution in [0.4, 0.5) is 0 Å². The summed E-state index contributed by atoms with van der Waals surface area (Å²) < 4.78 is 0. The number of nitrogens with zero attached hydrogens (tertiary/aromatic N) is 1. The van der Waals surface area contributed by atoms with Gasteiger partial charge in [-0.25, -0.2) is 0 Å². The highest BCUT2D eigenvalue weighted by Crippen LogP contribution is 2.21. The van der Waals surface area contributed by atoms with Crippen LogP contribution in [0.3, 0.4) is 0 Å². The van der Waals surface area contributed by atoms with Gasteiger partial charge in [-0.1, -0.05) is 6.92 Å². The molecule has 2 rings (SSSR count). The summed E-state index contributed by atoms with van der Waals surface area (Å²) in [6.45, 7) is 4.26. The Balaban J connectivity index is 1.90. The lowest BCUT2D eigenvalue weighted by atomic mass is 10.0. The summed E-state index contributed by atoms with van der Waals surface area (Å²) in [6.07, 6.45) is 1.58. The number of likely N-dealkylation sites (tertiary alicyclic amines) is 1. The Hall–Kier alpha value is -0.610. The van der Waals surface area contributed by atoms with Crippen LogP contribution in [0.25, 0.3) is 0 Å². The van der Waals surface area contributed by atoms with E-state index in [1.54, 1.807) is 4.90 Å². The van der Waals surface area contributed by atoms with Gasteiger partial charge in [0.2, 0.25) is 5.91 Å². The third-order valence-corrected chi connectivity index (χ3v) is 3.36. The third-order valence-electron chi connectivity index (χ3n) is 3.36. The van der Waals surface area contributed by atoms with Gasteiger partial charge in [-0.15, -0.1) is 0 Å². The van der Waals surface area contributed by atoms with Crippen LogP contribution >= 0.6 is 0 Å². The van der Waals surface area contributed by atoms with Crippen LogP contribution in [0.5, 0.6) is 0 Å². The topological polar surface area (TPSA) is 52.6 Å².